The van der Waals surface area contributed by atoms with Crippen molar-refractivity contribution in [2.45, 2.75) is 6.42 Å². The average Bonchev–Trinajstić information content (AvgIpc) is 2.89. The van der Waals surface area contributed by atoms with E-state index in [-0.39, 0.29) is 0 Å². The lowest BCUT2D eigenvalue weighted by molar-refractivity contribution is 0.410. The molecule has 0 radical (unpaired) electrons. The van der Waals surface area contributed by atoms with Gasteiger partial charge in [-0.25, -0.2) is 9.50 Å². The maximum absolute atomic E-state index is 5.35. The Bertz CT molecular complexity index is 737. The number of pyridine rings is 1. The van der Waals surface area contributed by atoms with Crippen LogP contribution in [-0.4, -0.2) is 28.8 Å². The Morgan fingerprint density at radius 1 is 1.05 bits per heavy atom. The van der Waals surface area contributed by atoms with Crippen LogP contribution in [0.4, 0.5) is 0 Å². The molecule has 5 heteroatoms. The van der Waals surface area contributed by atoms with Crippen LogP contribution in [0.25, 0.3) is 5.65 Å². The van der Waals surface area contributed by atoms with E-state index >= 15 is 0 Å². The number of benzene rings is 1. The topological polar surface area (TPSA) is 48.7 Å². The number of rotatable bonds is 4. The zero-order valence-electron chi connectivity index (χ0n) is 11.4. The molecule has 3 rings (SSSR count). The van der Waals surface area contributed by atoms with Crippen LogP contribution in [0.3, 0.4) is 0 Å². The van der Waals surface area contributed by atoms with Crippen LogP contribution in [0, 0.1) is 0 Å². The van der Waals surface area contributed by atoms with Crippen LogP contribution in [0.5, 0.6) is 11.5 Å². The molecule has 3 aromatic rings. The van der Waals surface area contributed by atoms with Crippen molar-refractivity contribution in [1.29, 1.82) is 0 Å². The van der Waals surface area contributed by atoms with Gasteiger partial charge in [-0.05, 0) is 18.2 Å². The Balaban J connectivity index is 1.94. The van der Waals surface area contributed by atoms with E-state index in [1.165, 1.54) is 0 Å². The highest BCUT2D eigenvalue weighted by molar-refractivity contribution is 5.42. The Morgan fingerprint density at radius 2 is 1.90 bits per heavy atom. The molecule has 2 aromatic heterocycles. The molecule has 0 saturated heterocycles. The van der Waals surface area contributed by atoms with Gasteiger partial charge in [0.1, 0.15) is 11.5 Å². The van der Waals surface area contributed by atoms with E-state index < -0.39 is 0 Å². The Morgan fingerprint density at radius 3 is 2.70 bits per heavy atom. The van der Waals surface area contributed by atoms with Gasteiger partial charge in [-0.2, -0.15) is 5.10 Å². The summed E-state index contributed by atoms with van der Waals surface area (Å²) in [4.78, 5) is 4.50. The van der Waals surface area contributed by atoms with Crippen molar-refractivity contribution < 1.29 is 9.47 Å². The van der Waals surface area contributed by atoms with Crippen molar-refractivity contribution in [2.75, 3.05) is 14.2 Å². The first kappa shape index (κ1) is 12.5. The summed E-state index contributed by atoms with van der Waals surface area (Å²) in [5.74, 6) is 2.36. The minimum atomic E-state index is 0.633. The first-order valence-corrected chi connectivity index (χ1v) is 6.31. The molecule has 0 fully saturated rings. The second-order valence-electron chi connectivity index (χ2n) is 4.39. The zero-order valence-corrected chi connectivity index (χ0v) is 11.4. The quantitative estimate of drug-likeness (QED) is 0.729. The fraction of sp³-hybridized carbons (Fsp3) is 0.200. The SMILES string of the molecule is COc1ccc2nc(Cc3ccccc3OC)nn2c1. The van der Waals surface area contributed by atoms with Crippen molar-refractivity contribution in [2.24, 2.45) is 0 Å². The third kappa shape index (κ3) is 2.30. The highest BCUT2D eigenvalue weighted by atomic mass is 16.5. The fourth-order valence-corrected chi connectivity index (χ4v) is 2.13. The van der Waals surface area contributed by atoms with E-state index in [9.17, 15) is 0 Å². The number of aromatic nitrogens is 3. The lowest BCUT2D eigenvalue weighted by atomic mass is 10.1. The molecule has 2 heterocycles. The van der Waals surface area contributed by atoms with E-state index in [2.05, 4.69) is 10.1 Å². The number of ether oxygens (including phenoxy) is 2. The number of hydrogen-bond acceptors (Lipinski definition) is 4. The summed E-state index contributed by atoms with van der Waals surface area (Å²) >= 11 is 0. The van der Waals surface area contributed by atoms with Gasteiger partial charge in [-0.1, -0.05) is 18.2 Å². The lowest BCUT2D eigenvalue weighted by Crippen LogP contribution is -1.96. The summed E-state index contributed by atoms with van der Waals surface area (Å²) in [7, 11) is 3.30. The van der Waals surface area contributed by atoms with Crippen LogP contribution in [0.15, 0.2) is 42.6 Å². The predicted octanol–water partition coefficient (Wildman–Crippen LogP) is 2.34. The number of para-hydroxylation sites is 1. The van der Waals surface area contributed by atoms with Gasteiger partial charge in [0.15, 0.2) is 11.5 Å². The fourth-order valence-electron chi connectivity index (χ4n) is 2.13. The second kappa shape index (κ2) is 5.21. The van der Waals surface area contributed by atoms with Crippen molar-refractivity contribution in [3.8, 4) is 11.5 Å². The molecule has 0 unspecified atom stereocenters. The number of nitrogens with zero attached hydrogens (tertiary/aromatic N) is 3. The van der Waals surface area contributed by atoms with Crippen molar-refractivity contribution in [1.82, 2.24) is 14.6 Å². The molecule has 0 atom stereocenters. The van der Waals surface area contributed by atoms with Crippen molar-refractivity contribution in [3.05, 3.63) is 54.0 Å². The van der Waals surface area contributed by atoms with Gasteiger partial charge in [0.2, 0.25) is 0 Å². The van der Waals surface area contributed by atoms with Crippen LogP contribution in [0.1, 0.15) is 11.4 Å². The number of fused-ring (bicyclic) bond motifs is 1. The molecule has 0 amide bonds. The standard InChI is InChI=1S/C15H15N3O2/c1-19-12-7-8-15-16-14(17-18(15)10-12)9-11-5-3-4-6-13(11)20-2/h3-8,10H,9H2,1-2H3. The second-order valence-corrected chi connectivity index (χ2v) is 4.39. The number of hydrogen-bond donors (Lipinski definition) is 0. The van der Waals surface area contributed by atoms with E-state index in [1.54, 1.807) is 18.7 Å². The van der Waals surface area contributed by atoms with Crippen LogP contribution in [-0.2, 0) is 6.42 Å². The van der Waals surface area contributed by atoms with E-state index in [0.29, 0.717) is 6.42 Å². The summed E-state index contributed by atoms with van der Waals surface area (Å²) in [6.07, 6.45) is 2.45. The van der Waals surface area contributed by atoms with Crippen molar-refractivity contribution >= 4 is 5.65 Å². The first-order valence-electron chi connectivity index (χ1n) is 6.31. The van der Waals surface area contributed by atoms with E-state index in [1.807, 2.05) is 42.6 Å². The van der Waals surface area contributed by atoms with E-state index in [4.69, 9.17) is 9.47 Å². The third-order valence-electron chi connectivity index (χ3n) is 3.12. The highest BCUT2D eigenvalue weighted by Crippen LogP contribution is 2.20. The summed E-state index contributed by atoms with van der Waals surface area (Å²) < 4.78 is 12.2. The summed E-state index contributed by atoms with van der Waals surface area (Å²) in [5, 5.41) is 4.46. The molecule has 20 heavy (non-hydrogen) atoms. The normalized spacial score (nSPS) is 10.7. The molecular weight excluding hydrogens is 254 g/mol. The lowest BCUT2D eigenvalue weighted by Gasteiger charge is -2.05. The van der Waals surface area contributed by atoms with Gasteiger partial charge >= 0.3 is 0 Å². The van der Waals surface area contributed by atoms with Gasteiger partial charge in [0.25, 0.3) is 0 Å². The smallest absolute Gasteiger partial charge is 0.156 e. The molecule has 0 aliphatic heterocycles. The Kier molecular flexibility index (Phi) is 3.25. The molecule has 0 bridgehead atoms. The molecular formula is C15H15N3O2. The first-order chi connectivity index (χ1) is 9.80. The molecule has 0 N–H and O–H groups in total. The molecule has 102 valence electrons. The zero-order chi connectivity index (χ0) is 13.9. The summed E-state index contributed by atoms with van der Waals surface area (Å²) in [5.41, 5.74) is 1.87. The van der Waals surface area contributed by atoms with Crippen LogP contribution in [0.2, 0.25) is 0 Å². The van der Waals surface area contributed by atoms with Crippen LogP contribution >= 0.6 is 0 Å². The molecule has 5 nitrogen and oxygen atoms in total. The Labute approximate surface area is 116 Å². The maximum Gasteiger partial charge on any atom is 0.156 e. The van der Waals surface area contributed by atoms with Gasteiger partial charge < -0.3 is 9.47 Å². The van der Waals surface area contributed by atoms with Gasteiger partial charge in [-0.3, -0.25) is 0 Å². The predicted molar refractivity (Wildman–Crippen MR) is 75.3 cm³/mol. The minimum Gasteiger partial charge on any atom is -0.496 e. The van der Waals surface area contributed by atoms with Crippen molar-refractivity contribution in [3.63, 3.8) is 0 Å². The largest absolute Gasteiger partial charge is 0.496 e. The maximum atomic E-state index is 5.35. The van der Waals surface area contributed by atoms with E-state index in [0.717, 1.165) is 28.5 Å². The highest BCUT2D eigenvalue weighted by Gasteiger charge is 2.08. The monoisotopic (exact) mass is 269 g/mol. The summed E-state index contributed by atoms with van der Waals surface area (Å²) in [6, 6.07) is 11.6. The van der Waals surface area contributed by atoms with Gasteiger partial charge in [0.05, 0.1) is 20.4 Å². The van der Waals surface area contributed by atoms with Gasteiger partial charge in [0, 0.05) is 12.0 Å². The molecule has 0 aliphatic rings. The average molecular weight is 269 g/mol. The molecule has 1 aromatic carbocycles. The Hall–Kier alpha value is -2.56. The molecule has 0 aliphatic carbocycles. The third-order valence-corrected chi connectivity index (χ3v) is 3.12. The molecule has 0 spiro atoms. The van der Waals surface area contributed by atoms with Gasteiger partial charge in [-0.15, -0.1) is 0 Å². The molecule has 0 saturated carbocycles. The number of methoxy groups -OCH3 is 2. The van der Waals surface area contributed by atoms with Crippen LogP contribution < -0.4 is 9.47 Å². The summed E-state index contributed by atoms with van der Waals surface area (Å²) in [6.45, 7) is 0. The minimum absolute atomic E-state index is 0.633.